The van der Waals surface area contributed by atoms with Crippen molar-refractivity contribution < 1.29 is 14.7 Å². The Labute approximate surface area is 112 Å². The Hall–Kier alpha value is -1.88. The fourth-order valence-electron chi connectivity index (χ4n) is 2.64. The molecular weight excluding hydrogens is 244 g/mol. The van der Waals surface area contributed by atoms with Gasteiger partial charge in [-0.25, -0.2) is 4.79 Å². The smallest absolute Gasteiger partial charge is 0.337 e. The molecule has 1 heterocycles. The zero-order chi connectivity index (χ0) is 14.2. The SMILES string of the molecule is Cc1cc(C)c(N2CC(CN)CC2=O)c(C(=O)O)c1. The maximum absolute atomic E-state index is 12.0. The van der Waals surface area contributed by atoms with Crippen LogP contribution in [0.5, 0.6) is 0 Å². The number of anilines is 1. The molecule has 19 heavy (non-hydrogen) atoms. The van der Waals surface area contributed by atoms with Crippen molar-refractivity contribution in [2.75, 3.05) is 18.0 Å². The van der Waals surface area contributed by atoms with E-state index in [0.717, 1.165) is 11.1 Å². The van der Waals surface area contributed by atoms with Crippen LogP contribution in [0.1, 0.15) is 27.9 Å². The summed E-state index contributed by atoms with van der Waals surface area (Å²) >= 11 is 0. The average molecular weight is 262 g/mol. The molecule has 5 nitrogen and oxygen atoms in total. The van der Waals surface area contributed by atoms with Gasteiger partial charge in [-0.3, -0.25) is 4.79 Å². The number of carboxylic acids is 1. The Balaban J connectivity index is 2.50. The molecule has 0 radical (unpaired) electrons. The zero-order valence-electron chi connectivity index (χ0n) is 11.1. The normalized spacial score (nSPS) is 19.0. The monoisotopic (exact) mass is 262 g/mol. The van der Waals surface area contributed by atoms with E-state index in [1.54, 1.807) is 11.0 Å². The Bertz CT molecular complexity index is 540. The minimum atomic E-state index is -1.01. The Morgan fingerprint density at radius 1 is 1.47 bits per heavy atom. The molecule has 1 aromatic rings. The number of aryl methyl sites for hydroxylation is 2. The molecule has 1 amide bonds. The number of nitrogens with zero attached hydrogens (tertiary/aromatic N) is 1. The van der Waals surface area contributed by atoms with Gasteiger partial charge in [-0.05, 0) is 43.5 Å². The third kappa shape index (κ3) is 2.46. The Morgan fingerprint density at radius 3 is 2.68 bits per heavy atom. The van der Waals surface area contributed by atoms with Gasteiger partial charge in [0, 0.05) is 13.0 Å². The van der Waals surface area contributed by atoms with Gasteiger partial charge >= 0.3 is 5.97 Å². The number of carbonyl (C=O) groups excluding carboxylic acids is 1. The molecule has 0 saturated carbocycles. The van der Waals surface area contributed by atoms with Gasteiger partial charge in [0.05, 0.1) is 11.3 Å². The lowest BCUT2D eigenvalue weighted by atomic mass is 10.0. The molecule has 1 atom stereocenters. The van der Waals surface area contributed by atoms with Crippen molar-refractivity contribution in [2.45, 2.75) is 20.3 Å². The molecule has 1 aliphatic rings. The molecule has 0 aliphatic carbocycles. The number of carbonyl (C=O) groups is 2. The third-order valence-corrected chi connectivity index (χ3v) is 3.48. The molecule has 5 heteroatoms. The van der Waals surface area contributed by atoms with Crippen molar-refractivity contribution in [1.29, 1.82) is 0 Å². The fraction of sp³-hybridized carbons (Fsp3) is 0.429. The van der Waals surface area contributed by atoms with Crippen LogP contribution in [0.4, 0.5) is 5.69 Å². The number of aromatic carboxylic acids is 1. The first-order chi connectivity index (χ1) is 8.93. The van der Waals surface area contributed by atoms with E-state index < -0.39 is 5.97 Å². The van der Waals surface area contributed by atoms with Gasteiger partial charge in [0.25, 0.3) is 0 Å². The van der Waals surface area contributed by atoms with Crippen molar-refractivity contribution in [3.63, 3.8) is 0 Å². The number of carboxylic acid groups (broad SMARTS) is 1. The summed E-state index contributed by atoms with van der Waals surface area (Å²) in [6, 6.07) is 3.50. The average Bonchev–Trinajstić information content (AvgIpc) is 2.69. The predicted octanol–water partition coefficient (Wildman–Crippen LogP) is 1.31. The fourth-order valence-corrected chi connectivity index (χ4v) is 2.64. The standard InChI is InChI=1S/C14H18N2O3/c1-8-3-9(2)13(11(4-8)14(18)19)16-7-10(6-15)5-12(16)17/h3-4,10H,5-7,15H2,1-2H3,(H,18,19). The lowest BCUT2D eigenvalue weighted by molar-refractivity contribution is -0.117. The summed E-state index contributed by atoms with van der Waals surface area (Å²) in [5.41, 5.74) is 7.98. The quantitative estimate of drug-likeness (QED) is 0.860. The second kappa shape index (κ2) is 5.01. The Kier molecular flexibility index (Phi) is 3.57. The first kappa shape index (κ1) is 13.5. The van der Waals surface area contributed by atoms with Gasteiger partial charge in [-0.2, -0.15) is 0 Å². The van der Waals surface area contributed by atoms with Crippen LogP contribution in [0.3, 0.4) is 0 Å². The van der Waals surface area contributed by atoms with Crippen LogP contribution in [0.2, 0.25) is 0 Å². The number of hydrogen-bond donors (Lipinski definition) is 2. The third-order valence-electron chi connectivity index (χ3n) is 3.48. The minimum absolute atomic E-state index is 0.0510. The highest BCUT2D eigenvalue weighted by Crippen LogP contribution is 2.32. The van der Waals surface area contributed by atoms with Crippen LogP contribution < -0.4 is 10.6 Å². The molecule has 2 rings (SSSR count). The summed E-state index contributed by atoms with van der Waals surface area (Å²) in [6.45, 7) is 4.62. The molecule has 3 N–H and O–H groups in total. The molecule has 0 aromatic heterocycles. The van der Waals surface area contributed by atoms with Gasteiger partial charge in [-0.1, -0.05) is 6.07 Å². The molecule has 1 saturated heterocycles. The number of amides is 1. The van der Waals surface area contributed by atoms with Crippen LogP contribution in [0.25, 0.3) is 0 Å². The lowest BCUT2D eigenvalue weighted by Crippen LogP contribution is -2.28. The van der Waals surface area contributed by atoms with Crippen LogP contribution in [-0.4, -0.2) is 30.1 Å². The van der Waals surface area contributed by atoms with Crippen molar-refractivity contribution in [1.82, 2.24) is 0 Å². The number of hydrogen-bond acceptors (Lipinski definition) is 3. The highest BCUT2D eigenvalue weighted by Gasteiger charge is 2.32. The van der Waals surface area contributed by atoms with Crippen LogP contribution in [0.15, 0.2) is 12.1 Å². The summed E-state index contributed by atoms with van der Waals surface area (Å²) in [7, 11) is 0. The first-order valence-corrected chi connectivity index (χ1v) is 6.29. The van der Waals surface area contributed by atoms with Gasteiger partial charge in [-0.15, -0.1) is 0 Å². The second-order valence-corrected chi connectivity index (χ2v) is 5.09. The Morgan fingerprint density at radius 2 is 2.16 bits per heavy atom. The molecule has 0 spiro atoms. The zero-order valence-corrected chi connectivity index (χ0v) is 11.1. The van der Waals surface area contributed by atoms with E-state index in [4.69, 9.17) is 5.73 Å². The van der Waals surface area contributed by atoms with Crippen LogP contribution in [-0.2, 0) is 4.79 Å². The van der Waals surface area contributed by atoms with E-state index >= 15 is 0 Å². The summed E-state index contributed by atoms with van der Waals surface area (Å²) in [5, 5.41) is 9.32. The van der Waals surface area contributed by atoms with Crippen molar-refractivity contribution in [2.24, 2.45) is 11.7 Å². The highest BCUT2D eigenvalue weighted by molar-refractivity contribution is 6.04. The molecule has 0 bridgehead atoms. The van der Waals surface area contributed by atoms with Gasteiger partial charge < -0.3 is 15.7 Å². The van der Waals surface area contributed by atoms with E-state index in [1.807, 2.05) is 19.9 Å². The van der Waals surface area contributed by atoms with E-state index in [1.165, 1.54) is 0 Å². The van der Waals surface area contributed by atoms with Crippen LogP contribution >= 0.6 is 0 Å². The maximum Gasteiger partial charge on any atom is 0.337 e. The van der Waals surface area contributed by atoms with E-state index in [0.29, 0.717) is 25.2 Å². The molecule has 102 valence electrons. The van der Waals surface area contributed by atoms with E-state index in [2.05, 4.69) is 0 Å². The predicted molar refractivity (Wildman–Crippen MR) is 72.4 cm³/mol. The van der Waals surface area contributed by atoms with Crippen molar-refractivity contribution in [3.05, 3.63) is 28.8 Å². The minimum Gasteiger partial charge on any atom is -0.478 e. The first-order valence-electron chi connectivity index (χ1n) is 6.29. The molecule has 1 aromatic carbocycles. The topological polar surface area (TPSA) is 83.6 Å². The summed E-state index contributed by atoms with van der Waals surface area (Å²) in [6.07, 6.45) is 0.392. The van der Waals surface area contributed by atoms with Crippen LogP contribution in [0, 0.1) is 19.8 Å². The van der Waals surface area contributed by atoms with E-state index in [9.17, 15) is 14.7 Å². The summed E-state index contributed by atoms with van der Waals surface area (Å²) in [4.78, 5) is 25.0. The second-order valence-electron chi connectivity index (χ2n) is 5.09. The largest absolute Gasteiger partial charge is 0.478 e. The molecule has 1 unspecified atom stereocenters. The van der Waals surface area contributed by atoms with Crippen molar-refractivity contribution in [3.8, 4) is 0 Å². The van der Waals surface area contributed by atoms with Gasteiger partial charge in [0.2, 0.25) is 5.91 Å². The number of rotatable bonds is 3. The van der Waals surface area contributed by atoms with Gasteiger partial charge in [0.1, 0.15) is 0 Å². The summed E-state index contributed by atoms with van der Waals surface area (Å²) < 4.78 is 0. The number of nitrogens with two attached hydrogens (primary N) is 1. The number of benzene rings is 1. The molecule has 1 aliphatic heterocycles. The maximum atomic E-state index is 12.0. The molecule has 1 fully saturated rings. The lowest BCUT2D eigenvalue weighted by Gasteiger charge is -2.22. The molecular formula is C14H18N2O3. The van der Waals surface area contributed by atoms with Crippen molar-refractivity contribution >= 4 is 17.6 Å². The van der Waals surface area contributed by atoms with E-state index in [-0.39, 0.29) is 17.4 Å². The highest BCUT2D eigenvalue weighted by atomic mass is 16.4. The summed E-state index contributed by atoms with van der Waals surface area (Å²) in [5.74, 6) is -0.953. The van der Waals surface area contributed by atoms with Gasteiger partial charge in [0.15, 0.2) is 0 Å².